The Morgan fingerprint density at radius 2 is 1.68 bits per heavy atom. The zero-order valence-electron chi connectivity index (χ0n) is 16.0. The smallest absolute Gasteiger partial charge is 0.138 e. The quantitative estimate of drug-likeness (QED) is 0.847. The second-order valence-corrected chi connectivity index (χ2v) is 6.67. The van der Waals surface area contributed by atoms with Gasteiger partial charge in [-0.15, -0.1) is 0 Å². The predicted octanol–water partition coefficient (Wildman–Crippen LogP) is 3.68. The Morgan fingerprint density at radius 3 is 2.20 bits per heavy atom. The summed E-state index contributed by atoms with van der Waals surface area (Å²) in [5, 5.41) is 2.23. The van der Waals surface area contributed by atoms with Crippen LogP contribution in [0.5, 0.6) is 0 Å². The third-order valence-electron chi connectivity index (χ3n) is 5.18. The van der Waals surface area contributed by atoms with Crippen LogP contribution in [0.4, 0.5) is 11.4 Å². The van der Waals surface area contributed by atoms with Gasteiger partial charge in [-0.05, 0) is 49.1 Å². The zero-order chi connectivity index (χ0) is 17.6. The van der Waals surface area contributed by atoms with E-state index in [0.29, 0.717) is 0 Å². The lowest BCUT2D eigenvalue weighted by Crippen LogP contribution is -2.73. The highest BCUT2D eigenvalue weighted by Gasteiger charge is 2.18. The number of nitrogens with zero attached hydrogens (tertiary/aromatic N) is 2. The molecule has 25 heavy (non-hydrogen) atoms. The minimum Gasteiger partial charge on any atom is -0.372 e. The number of nitrogens with two attached hydrogens (primary N) is 1. The van der Waals surface area contributed by atoms with E-state index < -0.39 is 0 Å². The van der Waals surface area contributed by atoms with Crippen molar-refractivity contribution >= 4 is 17.5 Å². The van der Waals surface area contributed by atoms with Crippen molar-refractivity contribution in [1.29, 1.82) is 0 Å². The highest BCUT2D eigenvalue weighted by Crippen LogP contribution is 2.28. The van der Waals surface area contributed by atoms with Crippen LogP contribution < -0.4 is 10.2 Å². The van der Waals surface area contributed by atoms with E-state index in [-0.39, 0.29) is 0 Å². The number of benzene rings is 1. The van der Waals surface area contributed by atoms with E-state index in [1.807, 2.05) is 13.8 Å². The molecule has 2 heterocycles. The molecule has 0 saturated carbocycles. The number of anilines is 1. The van der Waals surface area contributed by atoms with Gasteiger partial charge in [-0.25, -0.2) is 0 Å². The number of quaternary nitrogens is 1. The number of likely N-dealkylation sites (tertiary alicyclic amines) is 1. The van der Waals surface area contributed by atoms with Gasteiger partial charge in [0.05, 0.1) is 7.05 Å². The Hall–Kier alpha value is -2.00. The maximum Gasteiger partial charge on any atom is 0.138 e. The van der Waals surface area contributed by atoms with Crippen molar-refractivity contribution in [1.82, 2.24) is 4.90 Å². The number of allylic oxidation sites excluding steroid dienone is 4. The summed E-state index contributed by atoms with van der Waals surface area (Å²) in [6, 6.07) is 6.88. The van der Waals surface area contributed by atoms with E-state index in [1.165, 1.54) is 67.2 Å². The first-order valence-corrected chi connectivity index (χ1v) is 9.85. The number of hydrogen-bond acceptors (Lipinski definition) is 2. The fraction of sp³-hybridized carbons (Fsp3) is 0.455. The monoisotopic (exact) mass is 338 g/mol. The van der Waals surface area contributed by atoms with E-state index in [2.05, 4.69) is 64.7 Å². The van der Waals surface area contributed by atoms with Crippen molar-refractivity contribution in [3.63, 3.8) is 0 Å². The second-order valence-electron chi connectivity index (χ2n) is 6.67. The molecule has 3 aliphatic rings. The van der Waals surface area contributed by atoms with Crippen molar-refractivity contribution in [2.45, 2.75) is 33.1 Å². The van der Waals surface area contributed by atoms with Gasteiger partial charge in [-0.1, -0.05) is 26.0 Å². The Morgan fingerprint density at radius 1 is 0.960 bits per heavy atom. The van der Waals surface area contributed by atoms with Crippen molar-refractivity contribution in [2.24, 2.45) is 0 Å². The summed E-state index contributed by atoms with van der Waals surface area (Å²) in [5.41, 5.74) is 6.84. The Kier molecular flexibility index (Phi) is 5.98. The fourth-order valence-electron chi connectivity index (χ4n) is 3.38. The highest BCUT2D eigenvalue weighted by atomic mass is 15.2. The molecular weight excluding hydrogens is 306 g/mol. The first-order valence-electron chi connectivity index (χ1n) is 9.85. The number of hydrogen-bond donors (Lipinski definition) is 1. The largest absolute Gasteiger partial charge is 0.372 e. The molecule has 1 aliphatic carbocycles. The van der Waals surface area contributed by atoms with Gasteiger partial charge >= 0.3 is 0 Å². The summed E-state index contributed by atoms with van der Waals surface area (Å²) >= 11 is 0. The summed E-state index contributed by atoms with van der Waals surface area (Å²) in [6.07, 6.45) is 13.0. The summed E-state index contributed by atoms with van der Waals surface area (Å²) in [4.78, 5) is 4.91. The normalized spacial score (nSPS) is 20.4. The molecule has 3 heteroatoms. The van der Waals surface area contributed by atoms with Gasteiger partial charge in [-0.3, -0.25) is 0 Å². The van der Waals surface area contributed by atoms with Crippen molar-refractivity contribution < 1.29 is 5.32 Å². The third-order valence-corrected chi connectivity index (χ3v) is 5.18. The van der Waals surface area contributed by atoms with Crippen LogP contribution in [0, 0.1) is 0 Å². The van der Waals surface area contributed by atoms with Crippen LogP contribution in [-0.2, 0) is 0 Å². The molecule has 0 spiro atoms. The molecule has 2 aliphatic heterocycles. The van der Waals surface area contributed by atoms with Crippen LogP contribution in [0.2, 0.25) is 0 Å². The summed E-state index contributed by atoms with van der Waals surface area (Å²) in [6.45, 7) is 8.86. The SMILES string of the molecule is CC.C[NH2+]c1cc(N2CCC2)ccc1/C=C1/C=CC(N2CCC2)=CC1. The number of rotatable bonds is 4. The molecule has 3 nitrogen and oxygen atoms in total. The molecule has 0 aromatic heterocycles. The van der Waals surface area contributed by atoms with Crippen LogP contribution in [0.3, 0.4) is 0 Å². The zero-order valence-corrected chi connectivity index (χ0v) is 16.0. The summed E-state index contributed by atoms with van der Waals surface area (Å²) in [7, 11) is 2.13. The van der Waals surface area contributed by atoms with Crippen LogP contribution in [0.25, 0.3) is 6.08 Å². The van der Waals surface area contributed by atoms with Gasteiger partial charge in [0.2, 0.25) is 0 Å². The lowest BCUT2D eigenvalue weighted by molar-refractivity contribution is -0.539. The molecule has 0 bridgehead atoms. The summed E-state index contributed by atoms with van der Waals surface area (Å²) < 4.78 is 0. The maximum atomic E-state index is 2.46. The minimum atomic E-state index is 1.04. The maximum absolute atomic E-state index is 2.46. The molecule has 1 aromatic rings. The van der Waals surface area contributed by atoms with E-state index in [1.54, 1.807) is 0 Å². The lowest BCUT2D eigenvalue weighted by Gasteiger charge is -2.35. The Balaban J connectivity index is 0.000000880. The van der Waals surface area contributed by atoms with Crippen molar-refractivity contribution in [3.05, 3.63) is 53.3 Å². The van der Waals surface area contributed by atoms with Crippen LogP contribution in [-0.4, -0.2) is 38.1 Å². The third kappa shape index (κ3) is 3.98. The van der Waals surface area contributed by atoms with E-state index >= 15 is 0 Å². The Labute approximate surface area is 152 Å². The first kappa shape index (κ1) is 17.8. The Bertz CT molecular complexity index is 677. The molecule has 0 unspecified atom stereocenters. The van der Waals surface area contributed by atoms with Crippen LogP contribution in [0.1, 0.15) is 38.7 Å². The predicted molar refractivity (Wildman–Crippen MR) is 108 cm³/mol. The van der Waals surface area contributed by atoms with Crippen molar-refractivity contribution in [3.8, 4) is 0 Å². The average molecular weight is 339 g/mol. The summed E-state index contributed by atoms with van der Waals surface area (Å²) in [5.74, 6) is 0. The standard InChI is InChI=1S/C20H25N3.C2H6/c1-21-20-15-19(23-12-3-13-23)9-6-17(20)14-16-4-7-18(8-5-16)22-10-2-11-22;1-2/h4,6-9,14-15,21H,2-3,5,10-13H2,1H3;1-2H3/p+1/b16-14-;. The van der Waals surface area contributed by atoms with E-state index in [4.69, 9.17) is 0 Å². The van der Waals surface area contributed by atoms with Gasteiger partial charge < -0.3 is 15.1 Å². The molecule has 134 valence electrons. The van der Waals surface area contributed by atoms with E-state index in [9.17, 15) is 0 Å². The molecule has 2 N–H and O–H groups in total. The highest BCUT2D eigenvalue weighted by molar-refractivity contribution is 5.69. The van der Waals surface area contributed by atoms with Gasteiger partial charge in [0.1, 0.15) is 5.69 Å². The van der Waals surface area contributed by atoms with Crippen LogP contribution in [0.15, 0.2) is 47.7 Å². The molecular formula is C22H32N3+. The first-order chi connectivity index (χ1) is 12.3. The van der Waals surface area contributed by atoms with Gasteiger partial charge in [0.25, 0.3) is 0 Å². The van der Waals surface area contributed by atoms with Gasteiger partial charge in [-0.2, -0.15) is 0 Å². The molecule has 4 rings (SSSR count). The molecule has 2 saturated heterocycles. The molecule has 1 aromatic carbocycles. The van der Waals surface area contributed by atoms with E-state index in [0.717, 1.165) is 6.42 Å². The lowest BCUT2D eigenvalue weighted by atomic mass is 10.00. The minimum absolute atomic E-state index is 1.04. The average Bonchev–Trinajstić information content (AvgIpc) is 2.56. The fourth-order valence-corrected chi connectivity index (χ4v) is 3.38. The molecule has 0 atom stereocenters. The van der Waals surface area contributed by atoms with Crippen molar-refractivity contribution in [2.75, 3.05) is 38.1 Å². The van der Waals surface area contributed by atoms with Gasteiger partial charge in [0, 0.05) is 49.2 Å². The molecule has 0 amide bonds. The molecule has 2 fully saturated rings. The molecule has 0 radical (unpaired) electrons. The second kappa shape index (κ2) is 8.39. The topological polar surface area (TPSA) is 23.1 Å². The van der Waals surface area contributed by atoms with Crippen LogP contribution >= 0.6 is 0 Å². The van der Waals surface area contributed by atoms with Gasteiger partial charge in [0.15, 0.2) is 0 Å².